The molecular weight excluding hydrogens is 360 g/mol. The topological polar surface area (TPSA) is 0 Å². The monoisotopic (exact) mass is 382 g/mol. The summed E-state index contributed by atoms with van der Waals surface area (Å²) >= 11 is 0. The molecule has 0 heterocycles. The van der Waals surface area contributed by atoms with Crippen molar-refractivity contribution in [3.8, 4) is 22.3 Å². The van der Waals surface area contributed by atoms with Gasteiger partial charge in [0.2, 0.25) is 0 Å². The molecule has 0 nitrogen and oxygen atoms in total. The van der Waals surface area contributed by atoms with Crippen LogP contribution in [-0.4, -0.2) is 0 Å². The van der Waals surface area contributed by atoms with Gasteiger partial charge in [-0.3, -0.25) is 0 Å². The van der Waals surface area contributed by atoms with Gasteiger partial charge in [-0.15, -0.1) is 0 Å². The Bertz CT molecular complexity index is 1630. The van der Waals surface area contributed by atoms with Crippen LogP contribution in [0.25, 0.3) is 54.6 Å². The molecule has 0 radical (unpaired) electrons. The molecule has 0 unspecified atom stereocenters. The third kappa shape index (κ3) is 2.54. The summed E-state index contributed by atoms with van der Waals surface area (Å²) in [5.74, 6) is 0. The van der Waals surface area contributed by atoms with Gasteiger partial charge >= 0.3 is 0 Å². The van der Waals surface area contributed by atoms with Gasteiger partial charge in [-0.2, -0.15) is 0 Å². The standard InChI is InChI=1S/C30H20/c1-2-12-22(13-3-1)29-25-16-6-8-18-27(25)30(28-19-9-7-17-26(28)29)24-20-10-14-21-11-4-5-15-23(21)24/h1-20H/i6D,9D. The van der Waals surface area contributed by atoms with Gasteiger partial charge in [-0.25, -0.2) is 0 Å². The first-order valence-electron chi connectivity index (χ1n) is 11.2. The lowest BCUT2D eigenvalue weighted by atomic mass is 9.85. The maximum atomic E-state index is 8.39. The lowest BCUT2D eigenvalue weighted by Crippen LogP contribution is -1.91. The van der Waals surface area contributed by atoms with E-state index in [1.54, 1.807) is 0 Å². The van der Waals surface area contributed by atoms with Gasteiger partial charge < -0.3 is 0 Å². The van der Waals surface area contributed by atoms with E-state index in [4.69, 9.17) is 2.74 Å². The van der Waals surface area contributed by atoms with Crippen LogP contribution in [0.4, 0.5) is 0 Å². The van der Waals surface area contributed by atoms with Gasteiger partial charge in [-0.05, 0) is 54.6 Å². The van der Waals surface area contributed by atoms with Crippen LogP contribution in [0, 0.1) is 0 Å². The zero-order valence-corrected chi connectivity index (χ0v) is 16.4. The highest BCUT2D eigenvalue weighted by molar-refractivity contribution is 6.23. The second kappa shape index (κ2) is 6.86. The number of rotatable bonds is 2. The van der Waals surface area contributed by atoms with Crippen LogP contribution in [-0.2, 0) is 0 Å². The van der Waals surface area contributed by atoms with E-state index in [0.717, 1.165) is 43.8 Å². The summed E-state index contributed by atoms with van der Waals surface area (Å²) in [4.78, 5) is 0. The highest BCUT2D eigenvalue weighted by Crippen LogP contribution is 2.44. The van der Waals surface area contributed by atoms with Crippen LogP contribution in [0.15, 0.2) is 121 Å². The molecular formula is C30H20. The molecule has 0 aliphatic heterocycles. The zero-order valence-electron chi connectivity index (χ0n) is 18.4. The first-order valence-corrected chi connectivity index (χ1v) is 10.2. The van der Waals surface area contributed by atoms with Crippen molar-refractivity contribution in [2.45, 2.75) is 0 Å². The lowest BCUT2D eigenvalue weighted by molar-refractivity contribution is 1.66. The van der Waals surface area contributed by atoms with Crippen LogP contribution in [0.1, 0.15) is 2.74 Å². The summed E-state index contributed by atoms with van der Waals surface area (Å²) in [6, 6.07) is 38.0. The van der Waals surface area contributed by atoms with Crippen molar-refractivity contribution in [1.82, 2.24) is 0 Å². The Kier molecular flexibility index (Phi) is 3.43. The Morgan fingerprint density at radius 1 is 0.400 bits per heavy atom. The summed E-state index contributed by atoms with van der Waals surface area (Å²) in [7, 11) is 0. The van der Waals surface area contributed by atoms with E-state index in [2.05, 4.69) is 78.9 Å². The van der Waals surface area contributed by atoms with E-state index >= 15 is 0 Å². The minimum atomic E-state index is 0.495. The van der Waals surface area contributed by atoms with Crippen LogP contribution < -0.4 is 0 Å². The molecule has 6 rings (SSSR count). The minimum absolute atomic E-state index is 0.495. The quantitative estimate of drug-likeness (QED) is 0.263. The predicted octanol–water partition coefficient (Wildman–Crippen LogP) is 8.48. The van der Waals surface area contributed by atoms with E-state index in [-0.39, 0.29) is 0 Å². The lowest BCUT2D eigenvalue weighted by Gasteiger charge is -2.18. The van der Waals surface area contributed by atoms with Crippen molar-refractivity contribution in [1.29, 1.82) is 0 Å². The molecule has 0 saturated heterocycles. The fourth-order valence-corrected chi connectivity index (χ4v) is 4.65. The highest BCUT2D eigenvalue weighted by atomic mass is 14.2. The number of fused-ring (bicyclic) bond motifs is 3. The predicted molar refractivity (Wildman–Crippen MR) is 130 cm³/mol. The summed E-state index contributed by atoms with van der Waals surface area (Å²) < 4.78 is 16.7. The largest absolute Gasteiger partial charge is 0.0623 e. The SMILES string of the molecule is [2H]c1ccc2c(-c3cccc4ccccc34)c3cc([2H])ccc3c(-c3ccccc3)c2c1. The molecule has 0 aromatic heterocycles. The Morgan fingerprint density at radius 2 is 0.967 bits per heavy atom. The smallest absolute Gasteiger partial charge is 0.0622 e. The van der Waals surface area contributed by atoms with E-state index < -0.39 is 0 Å². The average molecular weight is 383 g/mol. The van der Waals surface area contributed by atoms with Crippen molar-refractivity contribution >= 4 is 32.3 Å². The maximum Gasteiger partial charge on any atom is 0.0623 e. The van der Waals surface area contributed by atoms with E-state index in [1.807, 2.05) is 30.3 Å². The van der Waals surface area contributed by atoms with Gasteiger partial charge in [0.05, 0.1) is 2.74 Å². The third-order valence-electron chi connectivity index (χ3n) is 5.93. The normalized spacial score (nSPS) is 12.3. The summed E-state index contributed by atoms with van der Waals surface area (Å²) in [5, 5.41) is 6.73. The number of hydrogen-bond acceptors (Lipinski definition) is 0. The molecule has 0 aliphatic rings. The summed E-state index contributed by atoms with van der Waals surface area (Å²) in [6.45, 7) is 0. The zero-order chi connectivity index (χ0) is 21.7. The number of benzene rings is 6. The Labute approximate surface area is 178 Å². The van der Waals surface area contributed by atoms with Crippen molar-refractivity contribution in [2.75, 3.05) is 0 Å². The second-order valence-corrected chi connectivity index (χ2v) is 7.59. The average Bonchev–Trinajstić information content (AvgIpc) is 2.83. The molecule has 0 N–H and O–H groups in total. The molecule has 0 amide bonds. The molecule has 0 bridgehead atoms. The van der Waals surface area contributed by atoms with Gasteiger partial charge in [-0.1, -0.05) is 121 Å². The van der Waals surface area contributed by atoms with Crippen molar-refractivity contribution in [2.24, 2.45) is 0 Å². The van der Waals surface area contributed by atoms with Crippen molar-refractivity contribution < 1.29 is 2.74 Å². The molecule has 6 aromatic rings. The molecule has 0 heteroatoms. The first-order chi connectivity index (χ1) is 15.7. The highest BCUT2D eigenvalue weighted by Gasteiger charge is 2.17. The molecule has 0 spiro atoms. The summed E-state index contributed by atoms with van der Waals surface area (Å²) in [6.07, 6.45) is 0. The van der Waals surface area contributed by atoms with Crippen LogP contribution in [0.2, 0.25) is 0 Å². The molecule has 140 valence electrons. The molecule has 0 aliphatic carbocycles. The fourth-order valence-electron chi connectivity index (χ4n) is 4.65. The molecule has 0 atom stereocenters. The molecule has 6 aromatic carbocycles. The van der Waals surface area contributed by atoms with Crippen LogP contribution in [0.3, 0.4) is 0 Å². The van der Waals surface area contributed by atoms with E-state index in [9.17, 15) is 0 Å². The third-order valence-corrected chi connectivity index (χ3v) is 5.93. The Hall–Kier alpha value is -3.90. The minimum Gasteiger partial charge on any atom is -0.0622 e. The van der Waals surface area contributed by atoms with Crippen LogP contribution in [0.5, 0.6) is 0 Å². The Balaban J connectivity index is 1.88. The molecule has 30 heavy (non-hydrogen) atoms. The van der Waals surface area contributed by atoms with E-state index in [0.29, 0.717) is 12.1 Å². The molecule has 0 fully saturated rings. The van der Waals surface area contributed by atoms with Gasteiger partial charge in [0.1, 0.15) is 0 Å². The maximum absolute atomic E-state index is 8.39. The second-order valence-electron chi connectivity index (χ2n) is 7.59. The van der Waals surface area contributed by atoms with Crippen molar-refractivity contribution in [3.05, 3.63) is 121 Å². The van der Waals surface area contributed by atoms with Gasteiger partial charge in [0.25, 0.3) is 0 Å². The van der Waals surface area contributed by atoms with Gasteiger partial charge in [0.15, 0.2) is 0 Å². The fraction of sp³-hybridized carbons (Fsp3) is 0. The van der Waals surface area contributed by atoms with Gasteiger partial charge in [0, 0.05) is 0 Å². The van der Waals surface area contributed by atoms with E-state index in [1.165, 1.54) is 10.8 Å². The summed E-state index contributed by atoms with van der Waals surface area (Å²) in [5.41, 5.74) is 4.52. The van der Waals surface area contributed by atoms with Crippen LogP contribution >= 0.6 is 0 Å². The van der Waals surface area contributed by atoms with Crippen molar-refractivity contribution in [3.63, 3.8) is 0 Å². The Morgan fingerprint density at radius 3 is 1.77 bits per heavy atom. The first kappa shape index (κ1) is 15.0. The molecule has 0 saturated carbocycles. The number of hydrogen-bond donors (Lipinski definition) is 0.